The Bertz CT molecular complexity index is 721. The molecule has 0 amide bonds. The number of benzene rings is 1. The van der Waals surface area contributed by atoms with Gasteiger partial charge in [-0.05, 0) is 40.2 Å². The van der Waals surface area contributed by atoms with Crippen molar-refractivity contribution in [1.82, 2.24) is 0 Å². The highest BCUT2D eigenvalue weighted by Crippen LogP contribution is 2.38. The van der Waals surface area contributed by atoms with E-state index >= 15 is 0 Å². The minimum absolute atomic E-state index is 0.120. The van der Waals surface area contributed by atoms with Crippen molar-refractivity contribution in [3.63, 3.8) is 0 Å². The second-order valence-electron chi connectivity index (χ2n) is 5.19. The molecule has 4 heteroatoms. The lowest BCUT2D eigenvalue weighted by molar-refractivity contribution is 0.0971. The van der Waals surface area contributed by atoms with E-state index in [2.05, 4.69) is 0 Å². The van der Waals surface area contributed by atoms with Crippen molar-refractivity contribution in [3.05, 3.63) is 39.0 Å². The molecule has 0 saturated carbocycles. The van der Waals surface area contributed by atoms with Gasteiger partial charge in [0.15, 0.2) is 17.3 Å². The number of allylic oxidation sites excluding steroid dienone is 2. The number of rotatable bonds is 1. The molecule has 104 valence electrons. The number of hydrogen-bond acceptors (Lipinski definition) is 4. The summed E-state index contributed by atoms with van der Waals surface area (Å²) in [6, 6.07) is 0. The molecule has 0 aliphatic heterocycles. The second-order valence-corrected chi connectivity index (χ2v) is 5.19. The lowest BCUT2D eigenvalue weighted by Crippen LogP contribution is -2.23. The van der Waals surface area contributed by atoms with E-state index in [9.17, 15) is 19.5 Å². The van der Waals surface area contributed by atoms with Crippen LogP contribution in [0.2, 0.25) is 0 Å². The zero-order valence-corrected chi connectivity index (χ0v) is 12.2. The molecule has 0 spiro atoms. The van der Waals surface area contributed by atoms with Crippen molar-refractivity contribution in [2.75, 3.05) is 0 Å². The zero-order valence-electron chi connectivity index (χ0n) is 12.2. The summed E-state index contributed by atoms with van der Waals surface area (Å²) in [6.45, 7) is 7.68. The molecular formula is C16H16O4. The van der Waals surface area contributed by atoms with E-state index < -0.39 is 0 Å². The standard InChI is InChI=1S/C16H16O4/c1-6-7(2)15(19)13-9(4)16(20)11(10(5)17)8(3)12(13)14(6)18/h20H,1-5H3. The number of Topliss-reactive ketones (excluding diaryl/α,β-unsaturated/α-hetero) is 3. The average Bonchev–Trinajstić information content (AvgIpc) is 2.37. The number of hydrogen-bond donors (Lipinski definition) is 1. The Balaban J connectivity index is 2.99. The predicted molar refractivity (Wildman–Crippen MR) is 74.6 cm³/mol. The van der Waals surface area contributed by atoms with Crippen LogP contribution in [0.25, 0.3) is 0 Å². The van der Waals surface area contributed by atoms with Crippen LogP contribution >= 0.6 is 0 Å². The van der Waals surface area contributed by atoms with Gasteiger partial charge in [0, 0.05) is 27.8 Å². The van der Waals surface area contributed by atoms with Gasteiger partial charge in [0.25, 0.3) is 0 Å². The summed E-state index contributed by atoms with van der Waals surface area (Å²) in [4.78, 5) is 36.5. The highest BCUT2D eigenvalue weighted by Gasteiger charge is 2.34. The Kier molecular flexibility index (Phi) is 3.12. The quantitative estimate of drug-likeness (QED) is 0.798. The van der Waals surface area contributed by atoms with Gasteiger partial charge in [0.05, 0.1) is 5.56 Å². The van der Waals surface area contributed by atoms with Crippen LogP contribution < -0.4 is 0 Å². The lowest BCUT2D eigenvalue weighted by Gasteiger charge is -2.23. The van der Waals surface area contributed by atoms with Gasteiger partial charge >= 0.3 is 0 Å². The Labute approximate surface area is 117 Å². The fraction of sp³-hybridized carbons (Fsp3) is 0.312. The van der Waals surface area contributed by atoms with Gasteiger partial charge in [-0.3, -0.25) is 14.4 Å². The van der Waals surface area contributed by atoms with E-state index in [1.54, 1.807) is 27.7 Å². The summed E-state index contributed by atoms with van der Waals surface area (Å²) < 4.78 is 0. The van der Waals surface area contributed by atoms with Gasteiger partial charge < -0.3 is 5.11 Å². The molecule has 1 aliphatic rings. The average molecular weight is 272 g/mol. The van der Waals surface area contributed by atoms with Crippen LogP contribution in [0.3, 0.4) is 0 Å². The Morgan fingerprint density at radius 1 is 0.850 bits per heavy atom. The predicted octanol–water partition coefficient (Wildman–Crippen LogP) is 2.93. The Hall–Kier alpha value is -2.23. The topological polar surface area (TPSA) is 71.4 Å². The summed E-state index contributed by atoms with van der Waals surface area (Å²) in [7, 11) is 0. The minimum atomic E-state index is -0.324. The number of fused-ring (bicyclic) bond motifs is 1. The van der Waals surface area contributed by atoms with Gasteiger partial charge in [-0.2, -0.15) is 0 Å². The van der Waals surface area contributed by atoms with Crippen LogP contribution in [-0.4, -0.2) is 22.5 Å². The maximum atomic E-state index is 12.4. The Morgan fingerprint density at radius 3 is 1.65 bits per heavy atom. The molecule has 0 fully saturated rings. The third kappa shape index (κ3) is 1.64. The van der Waals surface area contributed by atoms with Gasteiger partial charge in [0.2, 0.25) is 0 Å². The Morgan fingerprint density at radius 2 is 1.25 bits per heavy atom. The molecule has 1 aliphatic carbocycles. The fourth-order valence-corrected chi connectivity index (χ4v) is 2.70. The van der Waals surface area contributed by atoms with Crippen LogP contribution in [0, 0.1) is 13.8 Å². The number of aromatic hydroxyl groups is 1. The van der Waals surface area contributed by atoms with Crippen LogP contribution in [0.15, 0.2) is 11.1 Å². The van der Waals surface area contributed by atoms with E-state index in [4.69, 9.17) is 0 Å². The van der Waals surface area contributed by atoms with E-state index in [1.165, 1.54) is 6.92 Å². The smallest absolute Gasteiger partial charge is 0.190 e. The van der Waals surface area contributed by atoms with Crippen LogP contribution in [-0.2, 0) is 0 Å². The highest BCUT2D eigenvalue weighted by atomic mass is 16.3. The first-order valence-electron chi connectivity index (χ1n) is 6.34. The molecule has 20 heavy (non-hydrogen) atoms. The third-order valence-electron chi connectivity index (χ3n) is 4.02. The molecule has 0 saturated heterocycles. The summed E-state index contributed by atoms with van der Waals surface area (Å²) in [5, 5.41) is 10.2. The van der Waals surface area contributed by atoms with Crippen molar-refractivity contribution < 1.29 is 19.5 Å². The van der Waals surface area contributed by atoms with E-state index in [-0.39, 0.29) is 39.8 Å². The number of carbonyl (C=O) groups excluding carboxylic acids is 3. The van der Waals surface area contributed by atoms with Crippen LogP contribution in [0.5, 0.6) is 5.75 Å². The normalized spacial score (nSPS) is 14.7. The van der Waals surface area contributed by atoms with Crippen molar-refractivity contribution in [1.29, 1.82) is 0 Å². The fourth-order valence-electron chi connectivity index (χ4n) is 2.70. The first-order chi connectivity index (χ1) is 9.20. The molecule has 0 radical (unpaired) electrons. The van der Waals surface area contributed by atoms with Gasteiger partial charge in [0.1, 0.15) is 5.75 Å². The maximum absolute atomic E-state index is 12.4. The molecule has 1 aromatic rings. The highest BCUT2D eigenvalue weighted by molar-refractivity contribution is 6.28. The lowest BCUT2D eigenvalue weighted by atomic mass is 9.78. The van der Waals surface area contributed by atoms with E-state index in [1.807, 2.05) is 0 Å². The molecule has 2 rings (SSSR count). The van der Waals surface area contributed by atoms with Gasteiger partial charge in [-0.25, -0.2) is 0 Å². The molecule has 0 aromatic heterocycles. The second kappa shape index (κ2) is 4.40. The summed E-state index contributed by atoms with van der Waals surface area (Å²) in [6.07, 6.45) is 0. The van der Waals surface area contributed by atoms with Crippen LogP contribution in [0.1, 0.15) is 63.0 Å². The number of phenols is 1. The summed E-state index contributed by atoms with van der Waals surface area (Å²) in [5.41, 5.74) is 2.04. The molecule has 1 N–H and O–H groups in total. The molecular weight excluding hydrogens is 256 g/mol. The molecule has 4 nitrogen and oxygen atoms in total. The molecule has 0 atom stereocenters. The summed E-state index contributed by atoms with van der Waals surface area (Å²) >= 11 is 0. The monoisotopic (exact) mass is 272 g/mol. The molecule has 1 aromatic carbocycles. The first-order valence-corrected chi connectivity index (χ1v) is 6.34. The van der Waals surface area contributed by atoms with Gasteiger partial charge in [-0.1, -0.05) is 0 Å². The summed E-state index contributed by atoms with van der Waals surface area (Å²) in [5.74, 6) is -1.04. The molecule has 0 unspecified atom stereocenters. The SMILES string of the molecule is CC(=O)c1c(C)c2c(c(C)c1O)C(=O)C(C)=C(C)C2=O. The van der Waals surface area contributed by atoms with Crippen molar-refractivity contribution in [3.8, 4) is 5.75 Å². The van der Waals surface area contributed by atoms with Crippen molar-refractivity contribution in [2.45, 2.75) is 34.6 Å². The minimum Gasteiger partial charge on any atom is -0.507 e. The zero-order chi connectivity index (χ0) is 15.4. The number of ketones is 3. The van der Waals surface area contributed by atoms with Crippen molar-refractivity contribution >= 4 is 17.3 Å². The van der Waals surface area contributed by atoms with E-state index in [0.717, 1.165) is 0 Å². The van der Waals surface area contributed by atoms with Crippen LogP contribution in [0.4, 0.5) is 0 Å². The first kappa shape index (κ1) is 14.2. The van der Waals surface area contributed by atoms with Crippen molar-refractivity contribution in [2.24, 2.45) is 0 Å². The number of phenolic OH excluding ortho intramolecular Hbond substituents is 1. The number of carbonyl (C=O) groups is 3. The third-order valence-corrected chi connectivity index (χ3v) is 4.02. The molecule has 0 heterocycles. The van der Waals surface area contributed by atoms with E-state index in [0.29, 0.717) is 22.3 Å². The molecule has 0 bridgehead atoms. The maximum Gasteiger partial charge on any atom is 0.190 e. The van der Waals surface area contributed by atoms with Gasteiger partial charge in [-0.15, -0.1) is 0 Å². The largest absolute Gasteiger partial charge is 0.507 e.